The molecule has 1 heterocycles. The molecule has 0 aliphatic carbocycles. The molecule has 5 nitrogen and oxygen atoms in total. The van der Waals surface area contributed by atoms with Gasteiger partial charge in [-0.3, -0.25) is 4.79 Å². The van der Waals surface area contributed by atoms with Crippen LogP contribution in [0.3, 0.4) is 0 Å². The molecular formula is C12H14N2O3. The Morgan fingerprint density at radius 2 is 2.00 bits per heavy atom. The van der Waals surface area contributed by atoms with Crippen molar-refractivity contribution < 1.29 is 14.3 Å². The first-order valence-corrected chi connectivity index (χ1v) is 5.53. The van der Waals surface area contributed by atoms with Gasteiger partial charge in [0.15, 0.2) is 6.29 Å². The van der Waals surface area contributed by atoms with Crippen LogP contribution in [0.4, 0.5) is 4.79 Å². The van der Waals surface area contributed by atoms with Crippen molar-refractivity contribution in [1.82, 2.24) is 10.2 Å². The number of para-hydroxylation sites is 1. The van der Waals surface area contributed by atoms with Crippen molar-refractivity contribution in [3.63, 3.8) is 0 Å². The molecule has 1 N–H and O–H groups in total. The maximum Gasteiger partial charge on any atom is 0.415 e. The molecule has 0 atom stereocenters. The fourth-order valence-corrected chi connectivity index (χ4v) is 1.68. The first-order chi connectivity index (χ1) is 8.31. The van der Waals surface area contributed by atoms with Crippen LogP contribution in [-0.2, 0) is 0 Å². The number of aldehydes is 1. The number of hydrogen-bond donors (Lipinski definition) is 1. The third kappa shape index (κ3) is 2.82. The van der Waals surface area contributed by atoms with E-state index in [4.69, 9.17) is 4.74 Å². The predicted octanol–water partition coefficient (Wildman–Crippen LogP) is 0.903. The zero-order valence-corrected chi connectivity index (χ0v) is 9.39. The molecule has 1 aliphatic rings. The minimum Gasteiger partial charge on any atom is -0.409 e. The molecule has 90 valence electrons. The Morgan fingerprint density at radius 1 is 1.29 bits per heavy atom. The fourth-order valence-electron chi connectivity index (χ4n) is 1.68. The molecule has 1 aromatic rings. The molecule has 17 heavy (non-hydrogen) atoms. The minimum atomic E-state index is -0.402. The van der Waals surface area contributed by atoms with Gasteiger partial charge < -0.3 is 15.0 Å². The number of nitrogens with one attached hydrogen (secondary N) is 1. The highest BCUT2D eigenvalue weighted by Crippen LogP contribution is 2.16. The average Bonchev–Trinajstić information content (AvgIpc) is 2.40. The van der Waals surface area contributed by atoms with Crippen molar-refractivity contribution >= 4 is 12.4 Å². The molecule has 0 radical (unpaired) electrons. The molecule has 1 fully saturated rings. The summed E-state index contributed by atoms with van der Waals surface area (Å²) in [6.07, 6.45) is 0.279. The van der Waals surface area contributed by atoms with E-state index in [9.17, 15) is 9.59 Å². The Balaban J connectivity index is 2.04. The van der Waals surface area contributed by atoms with Gasteiger partial charge >= 0.3 is 6.09 Å². The smallest absolute Gasteiger partial charge is 0.409 e. The first kappa shape index (κ1) is 11.6. The summed E-state index contributed by atoms with van der Waals surface area (Å²) in [4.78, 5) is 24.2. The summed E-state index contributed by atoms with van der Waals surface area (Å²) in [7, 11) is 0. The fraction of sp³-hybridized carbons (Fsp3) is 0.333. The van der Waals surface area contributed by atoms with E-state index in [1.807, 2.05) is 0 Å². The summed E-state index contributed by atoms with van der Waals surface area (Å²) in [6, 6.07) is 6.69. The van der Waals surface area contributed by atoms with Crippen molar-refractivity contribution in [3.05, 3.63) is 29.8 Å². The third-order valence-electron chi connectivity index (χ3n) is 2.62. The van der Waals surface area contributed by atoms with Crippen molar-refractivity contribution in [2.45, 2.75) is 0 Å². The number of ether oxygens (including phenoxy) is 1. The molecule has 0 bridgehead atoms. The van der Waals surface area contributed by atoms with Crippen LogP contribution in [0.1, 0.15) is 10.4 Å². The quantitative estimate of drug-likeness (QED) is 0.772. The molecule has 0 aromatic heterocycles. The van der Waals surface area contributed by atoms with E-state index in [2.05, 4.69) is 5.32 Å². The second kappa shape index (κ2) is 5.45. The number of carbonyl (C=O) groups excluding carboxylic acids is 2. The zero-order valence-electron chi connectivity index (χ0n) is 9.39. The van der Waals surface area contributed by atoms with E-state index in [-0.39, 0.29) is 0 Å². The molecule has 1 aliphatic heterocycles. The van der Waals surface area contributed by atoms with Gasteiger partial charge in [0.25, 0.3) is 0 Å². The molecule has 5 heteroatoms. The Labute approximate surface area is 99.4 Å². The van der Waals surface area contributed by atoms with Gasteiger partial charge in [0, 0.05) is 26.2 Å². The maximum atomic E-state index is 11.8. The lowest BCUT2D eigenvalue weighted by molar-refractivity contribution is 0.111. The second-order valence-corrected chi connectivity index (χ2v) is 3.76. The zero-order chi connectivity index (χ0) is 12.1. The van der Waals surface area contributed by atoms with Crippen LogP contribution in [0, 0.1) is 0 Å². The molecule has 0 spiro atoms. The van der Waals surface area contributed by atoms with Gasteiger partial charge in [-0.15, -0.1) is 0 Å². The summed E-state index contributed by atoms with van der Waals surface area (Å²) in [5.74, 6) is 0.311. The number of amides is 1. The largest absolute Gasteiger partial charge is 0.415 e. The monoisotopic (exact) mass is 234 g/mol. The Kier molecular flexibility index (Phi) is 3.72. The minimum absolute atomic E-state index is 0.311. The molecular weight excluding hydrogens is 220 g/mol. The molecule has 1 aromatic carbocycles. The van der Waals surface area contributed by atoms with Gasteiger partial charge in [-0.2, -0.15) is 0 Å². The summed E-state index contributed by atoms with van der Waals surface area (Å²) < 4.78 is 5.20. The van der Waals surface area contributed by atoms with E-state index in [1.165, 1.54) is 0 Å². The average molecular weight is 234 g/mol. The highest BCUT2D eigenvalue weighted by molar-refractivity contribution is 5.81. The van der Waals surface area contributed by atoms with E-state index in [0.717, 1.165) is 13.1 Å². The van der Waals surface area contributed by atoms with E-state index < -0.39 is 6.09 Å². The first-order valence-electron chi connectivity index (χ1n) is 5.53. The third-order valence-corrected chi connectivity index (χ3v) is 2.62. The number of nitrogens with zero attached hydrogens (tertiary/aromatic N) is 1. The summed E-state index contributed by atoms with van der Waals surface area (Å²) >= 11 is 0. The Bertz CT molecular complexity index is 414. The SMILES string of the molecule is O=Cc1ccccc1OC(=O)N1CCNCC1. The summed E-state index contributed by atoms with van der Waals surface area (Å²) in [6.45, 7) is 2.79. The van der Waals surface area contributed by atoms with Crippen molar-refractivity contribution in [2.24, 2.45) is 0 Å². The van der Waals surface area contributed by atoms with Crippen LogP contribution >= 0.6 is 0 Å². The molecule has 0 saturated carbocycles. The predicted molar refractivity (Wildman–Crippen MR) is 62.3 cm³/mol. The lowest BCUT2D eigenvalue weighted by atomic mass is 10.2. The van der Waals surface area contributed by atoms with Gasteiger partial charge in [-0.25, -0.2) is 4.79 Å². The van der Waals surface area contributed by atoms with Crippen molar-refractivity contribution in [3.8, 4) is 5.75 Å². The van der Waals surface area contributed by atoms with E-state index in [1.54, 1.807) is 29.2 Å². The molecule has 2 rings (SSSR count). The van der Waals surface area contributed by atoms with Gasteiger partial charge in [0.05, 0.1) is 5.56 Å². The van der Waals surface area contributed by atoms with Crippen LogP contribution < -0.4 is 10.1 Å². The van der Waals surface area contributed by atoms with Gasteiger partial charge in [-0.05, 0) is 12.1 Å². The van der Waals surface area contributed by atoms with Crippen LogP contribution in [0.2, 0.25) is 0 Å². The van der Waals surface area contributed by atoms with Gasteiger partial charge in [-0.1, -0.05) is 12.1 Å². The number of benzene rings is 1. The van der Waals surface area contributed by atoms with Crippen LogP contribution in [0.15, 0.2) is 24.3 Å². The maximum absolute atomic E-state index is 11.8. The molecule has 1 amide bonds. The van der Waals surface area contributed by atoms with E-state index in [0.29, 0.717) is 30.7 Å². The van der Waals surface area contributed by atoms with Crippen molar-refractivity contribution in [2.75, 3.05) is 26.2 Å². The Hall–Kier alpha value is -1.88. The molecule has 1 saturated heterocycles. The van der Waals surface area contributed by atoms with Crippen molar-refractivity contribution in [1.29, 1.82) is 0 Å². The Morgan fingerprint density at radius 3 is 2.71 bits per heavy atom. The summed E-state index contributed by atoms with van der Waals surface area (Å²) in [5.41, 5.74) is 0.385. The number of carbonyl (C=O) groups is 2. The van der Waals surface area contributed by atoms with Gasteiger partial charge in [0.2, 0.25) is 0 Å². The normalized spacial score (nSPS) is 15.4. The lowest BCUT2D eigenvalue weighted by Gasteiger charge is -2.26. The van der Waals surface area contributed by atoms with Crippen LogP contribution in [-0.4, -0.2) is 43.5 Å². The number of hydrogen-bond acceptors (Lipinski definition) is 4. The van der Waals surface area contributed by atoms with Crippen LogP contribution in [0.5, 0.6) is 5.75 Å². The highest BCUT2D eigenvalue weighted by Gasteiger charge is 2.18. The summed E-state index contributed by atoms with van der Waals surface area (Å²) in [5, 5.41) is 3.15. The van der Waals surface area contributed by atoms with Crippen LogP contribution in [0.25, 0.3) is 0 Å². The topological polar surface area (TPSA) is 58.6 Å². The highest BCUT2D eigenvalue weighted by atomic mass is 16.6. The lowest BCUT2D eigenvalue weighted by Crippen LogP contribution is -2.47. The van der Waals surface area contributed by atoms with E-state index >= 15 is 0 Å². The number of piperazine rings is 1. The molecule has 0 unspecified atom stereocenters. The number of rotatable bonds is 2. The van der Waals surface area contributed by atoms with Gasteiger partial charge in [0.1, 0.15) is 5.75 Å². The second-order valence-electron chi connectivity index (χ2n) is 3.76. The standard InChI is InChI=1S/C12H14N2O3/c15-9-10-3-1-2-4-11(10)17-12(16)14-7-5-13-6-8-14/h1-4,9,13H,5-8H2.